The van der Waals surface area contributed by atoms with Crippen LogP contribution in [0.15, 0.2) is 77.7 Å². The van der Waals surface area contributed by atoms with Crippen LogP contribution in [0.2, 0.25) is 0 Å². The van der Waals surface area contributed by atoms with E-state index in [1.54, 1.807) is 12.1 Å². The lowest BCUT2D eigenvalue weighted by Crippen LogP contribution is -2.27. The first kappa shape index (κ1) is 22.8. The van der Waals surface area contributed by atoms with Gasteiger partial charge in [0.05, 0.1) is 10.6 Å². The van der Waals surface area contributed by atoms with E-state index in [0.29, 0.717) is 20.5 Å². The Morgan fingerprint density at radius 3 is 2.58 bits per heavy atom. The summed E-state index contributed by atoms with van der Waals surface area (Å²) in [5, 5.41) is 2.89. The van der Waals surface area contributed by atoms with Gasteiger partial charge in [0, 0.05) is 11.3 Å². The van der Waals surface area contributed by atoms with E-state index in [0.717, 1.165) is 22.5 Å². The number of carbonyl (C=O) groups excluding carboxylic acids is 2. The van der Waals surface area contributed by atoms with Crippen molar-refractivity contribution in [2.45, 2.75) is 13.8 Å². The standard InChI is InChI=1S/C26H22N2O3S2/c1-17-12-13-18(2)21(14-17)27-24(29)16-31-22-11-7-6-8-19(22)15-23-25(30)28(26(32)33-23)20-9-4-3-5-10-20/h3-15H,16H2,1-2H3,(H,27,29)/b23-15-. The fourth-order valence-corrected chi connectivity index (χ4v) is 4.63. The number of amides is 2. The first-order chi connectivity index (χ1) is 15.9. The minimum Gasteiger partial charge on any atom is -0.483 e. The van der Waals surface area contributed by atoms with Gasteiger partial charge in [-0.05, 0) is 55.3 Å². The van der Waals surface area contributed by atoms with E-state index in [1.807, 2.05) is 80.6 Å². The summed E-state index contributed by atoms with van der Waals surface area (Å²) < 4.78 is 6.28. The minimum atomic E-state index is -0.256. The second-order valence-corrected chi connectivity index (χ2v) is 9.22. The van der Waals surface area contributed by atoms with Crippen LogP contribution in [-0.4, -0.2) is 22.7 Å². The van der Waals surface area contributed by atoms with E-state index in [1.165, 1.54) is 16.7 Å². The van der Waals surface area contributed by atoms with Gasteiger partial charge < -0.3 is 10.1 Å². The molecule has 0 bridgehead atoms. The lowest BCUT2D eigenvalue weighted by molar-refractivity contribution is -0.118. The van der Waals surface area contributed by atoms with Crippen LogP contribution in [0.5, 0.6) is 5.75 Å². The van der Waals surface area contributed by atoms with Crippen molar-refractivity contribution in [2.24, 2.45) is 0 Å². The Bertz CT molecular complexity index is 1260. The molecule has 1 fully saturated rings. The van der Waals surface area contributed by atoms with Crippen LogP contribution in [0.3, 0.4) is 0 Å². The normalized spacial score (nSPS) is 14.6. The molecule has 0 aliphatic carbocycles. The van der Waals surface area contributed by atoms with Crippen molar-refractivity contribution in [3.63, 3.8) is 0 Å². The number of nitrogens with one attached hydrogen (secondary N) is 1. The Hall–Kier alpha value is -3.42. The molecule has 7 heteroatoms. The van der Waals surface area contributed by atoms with E-state index in [9.17, 15) is 9.59 Å². The third-order valence-corrected chi connectivity index (χ3v) is 6.34. The van der Waals surface area contributed by atoms with E-state index in [-0.39, 0.29) is 18.4 Å². The molecule has 0 aromatic heterocycles. The molecule has 0 saturated carbocycles. The molecular formula is C26H22N2O3S2. The molecule has 1 aliphatic heterocycles. The summed E-state index contributed by atoms with van der Waals surface area (Å²) in [6, 6.07) is 22.5. The van der Waals surface area contributed by atoms with Crippen molar-refractivity contribution in [3.8, 4) is 5.75 Å². The molecule has 0 spiro atoms. The average Bonchev–Trinajstić information content (AvgIpc) is 3.09. The highest BCUT2D eigenvalue weighted by Gasteiger charge is 2.33. The van der Waals surface area contributed by atoms with Gasteiger partial charge in [-0.1, -0.05) is 72.5 Å². The number of anilines is 2. The van der Waals surface area contributed by atoms with Crippen molar-refractivity contribution < 1.29 is 14.3 Å². The third-order valence-electron chi connectivity index (χ3n) is 5.04. The van der Waals surface area contributed by atoms with Crippen LogP contribution >= 0.6 is 24.0 Å². The third kappa shape index (κ3) is 5.32. The largest absolute Gasteiger partial charge is 0.483 e. The monoisotopic (exact) mass is 474 g/mol. The first-order valence-corrected chi connectivity index (χ1v) is 11.6. The summed E-state index contributed by atoms with van der Waals surface area (Å²) in [5.74, 6) is 0.0752. The minimum absolute atomic E-state index is 0.150. The number of benzene rings is 3. The number of para-hydroxylation sites is 2. The molecule has 5 nitrogen and oxygen atoms in total. The highest BCUT2D eigenvalue weighted by molar-refractivity contribution is 8.27. The molecule has 3 aromatic rings. The highest BCUT2D eigenvalue weighted by atomic mass is 32.2. The van der Waals surface area contributed by atoms with Gasteiger partial charge in [-0.2, -0.15) is 0 Å². The highest BCUT2D eigenvalue weighted by Crippen LogP contribution is 2.37. The van der Waals surface area contributed by atoms with E-state index in [4.69, 9.17) is 17.0 Å². The van der Waals surface area contributed by atoms with E-state index in [2.05, 4.69) is 5.32 Å². The quantitative estimate of drug-likeness (QED) is 0.365. The van der Waals surface area contributed by atoms with Gasteiger partial charge in [0.25, 0.3) is 11.8 Å². The summed E-state index contributed by atoms with van der Waals surface area (Å²) in [6.45, 7) is 3.77. The van der Waals surface area contributed by atoms with Crippen molar-refractivity contribution >= 4 is 57.6 Å². The summed E-state index contributed by atoms with van der Waals surface area (Å²) >= 11 is 6.68. The maximum Gasteiger partial charge on any atom is 0.270 e. The molecular weight excluding hydrogens is 452 g/mol. The van der Waals surface area contributed by atoms with Gasteiger partial charge in [-0.25, -0.2) is 0 Å². The predicted molar refractivity (Wildman–Crippen MR) is 139 cm³/mol. The van der Waals surface area contributed by atoms with Crippen LogP contribution in [-0.2, 0) is 9.59 Å². The van der Waals surface area contributed by atoms with Crippen molar-refractivity contribution in [1.82, 2.24) is 0 Å². The molecule has 33 heavy (non-hydrogen) atoms. The average molecular weight is 475 g/mol. The Morgan fingerprint density at radius 1 is 1.06 bits per heavy atom. The second-order valence-electron chi connectivity index (χ2n) is 7.55. The Kier molecular flexibility index (Phi) is 6.91. The number of nitrogens with zero attached hydrogens (tertiary/aromatic N) is 1. The van der Waals surface area contributed by atoms with Gasteiger partial charge in [0.1, 0.15) is 5.75 Å². The number of aryl methyl sites for hydroxylation is 2. The maximum atomic E-state index is 13.0. The van der Waals surface area contributed by atoms with Crippen LogP contribution in [0.4, 0.5) is 11.4 Å². The zero-order valence-electron chi connectivity index (χ0n) is 18.2. The van der Waals surface area contributed by atoms with Gasteiger partial charge in [0.2, 0.25) is 0 Å². The number of thioether (sulfide) groups is 1. The van der Waals surface area contributed by atoms with E-state index >= 15 is 0 Å². The number of hydrogen-bond acceptors (Lipinski definition) is 5. The van der Waals surface area contributed by atoms with Crippen LogP contribution in [0.1, 0.15) is 16.7 Å². The predicted octanol–water partition coefficient (Wildman–Crippen LogP) is 5.73. The molecule has 3 aromatic carbocycles. The lowest BCUT2D eigenvalue weighted by atomic mass is 10.1. The topological polar surface area (TPSA) is 58.6 Å². The number of rotatable bonds is 6. The van der Waals surface area contributed by atoms with Crippen LogP contribution in [0, 0.1) is 13.8 Å². The molecule has 0 atom stereocenters. The van der Waals surface area contributed by atoms with Crippen LogP contribution < -0.4 is 15.0 Å². The molecule has 0 radical (unpaired) electrons. The molecule has 0 unspecified atom stereocenters. The second kappa shape index (κ2) is 10.0. The molecule has 1 aliphatic rings. The van der Waals surface area contributed by atoms with Crippen LogP contribution in [0.25, 0.3) is 6.08 Å². The first-order valence-electron chi connectivity index (χ1n) is 10.3. The number of carbonyl (C=O) groups is 2. The van der Waals surface area contributed by atoms with Crippen molar-refractivity contribution in [1.29, 1.82) is 0 Å². The van der Waals surface area contributed by atoms with Crippen molar-refractivity contribution in [2.75, 3.05) is 16.8 Å². The Morgan fingerprint density at radius 2 is 1.79 bits per heavy atom. The summed E-state index contributed by atoms with van der Waals surface area (Å²) in [6.07, 6.45) is 1.75. The van der Waals surface area contributed by atoms with Gasteiger partial charge in [-0.15, -0.1) is 0 Å². The molecule has 1 heterocycles. The number of ether oxygens (including phenoxy) is 1. The summed E-state index contributed by atoms with van der Waals surface area (Å²) in [5.41, 5.74) is 4.24. The van der Waals surface area contributed by atoms with Gasteiger partial charge >= 0.3 is 0 Å². The van der Waals surface area contributed by atoms with E-state index < -0.39 is 0 Å². The number of thiocarbonyl (C=S) groups is 1. The molecule has 166 valence electrons. The zero-order valence-corrected chi connectivity index (χ0v) is 19.8. The van der Waals surface area contributed by atoms with Crippen molar-refractivity contribution in [3.05, 3.63) is 94.4 Å². The SMILES string of the molecule is Cc1ccc(C)c(NC(=O)COc2ccccc2/C=C2\SC(=S)N(c3ccccc3)C2=O)c1. The Balaban J connectivity index is 1.48. The zero-order chi connectivity index (χ0) is 23.4. The van der Waals surface area contributed by atoms with Gasteiger partial charge in [0.15, 0.2) is 10.9 Å². The fourth-order valence-electron chi connectivity index (χ4n) is 3.34. The summed E-state index contributed by atoms with van der Waals surface area (Å²) in [7, 11) is 0. The fraction of sp³-hybridized carbons (Fsp3) is 0.115. The smallest absolute Gasteiger partial charge is 0.270 e. The maximum absolute atomic E-state index is 13.0. The molecule has 2 amide bonds. The molecule has 1 N–H and O–H groups in total. The lowest BCUT2D eigenvalue weighted by Gasteiger charge is -2.14. The number of hydrogen-bond donors (Lipinski definition) is 1. The summed E-state index contributed by atoms with van der Waals surface area (Å²) in [4.78, 5) is 27.5. The Labute approximate surface area is 202 Å². The molecule has 4 rings (SSSR count). The molecule has 1 saturated heterocycles. The van der Waals surface area contributed by atoms with Gasteiger partial charge in [-0.3, -0.25) is 14.5 Å².